The van der Waals surface area contributed by atoms with Crippen LogP contribution in [0.4, 0.5) is 11.4 Å². The predicted molar refractivity (Wildman–Crippen MR) is 112 cm³/mol. The Bertz CT molecular complexity index is 1060. The number of benzene rings is 2. The molecule has 0 spiro atoms. The van der Waals surface area contributed by atoms with Gasteiger partial charge in [0.2, 0.25) is 15.9 Å². The van der Waals surface area contributed by atoms with Crippen LogP contribution in [0.1, 0.15) is 26.7 Å². The summed E-state index contributed by atoms with van der Waals surface area (Å²) in [6, 6.07) is 12.0. The SMILES string of the molecule is CC(O)N1c2ccc(-c3cccc(S(N)(=O)=O)c3)cc2N(C(=O)C2CC2)C[C@@H]1C. The van der Waals surface area contributed by atoms with Gasteiger partial charge in [-0.25, -0.2) is 13.6 Å². The first-order valence-electron chi connectivity index (χ1n) is 9.72. The molecule has 0 saturated heterocycles. The predicted octanol–water partition coefficient (Wildman–Crippen LogP) is 2.29. The molecule has 1 aliphatic carbocycles. The van der Waals surface area contributed by atoms with Crippen LogP contribution in [0.5, 0.6) is 0 Å². The first-order chi connectivity index (χ1) is 13.7. The van der Waals surface area contributed by atoms with Crippen molar-refractivity contribution in [1.82, 2.24) is 0 Å². The first kappa shape index (κ1) is 19.9. The molecule has 4 rings (SSSR count). The van der Waals surface area contributed by atoms with Gasteiger partial charge in [-0.1, -0.05) is 18.2 Å². The van der Waals surface area contributed by atoms with E-state index in [1.165, 1.54) is 12.1 Å². The Labute approximate surface area is 170 Å². The Morgan fingerprint density at radius 3 is 2.45 bits per heavy atom. The van der Waals surface area contributed by atoms with E-state index in [2.05, 4.69) is 0 Å². The van der Waals surface area contributed by atoms with Crippen LogP contribution in [-0.4, -0.2) is 38.2 Å². The molecule has 1 saturated carbocycles. The molecule has 3 N–H and O–H groups in total. The van der Waals surface area contributed by atoms with Crippen molar-refractivity contribution in [3.8, 4) is 11.1 Å². The highest BCUT2D eigenvalue weighted by atomic mass is 32.2. The number of hydrogen-bond acceptors (Lipinski definition) is 5. The van der Waals surface area contributed by atoms with Gasteiger partial charge in [0, 0.05) is 18.5 Å². The van der Waals surface area contributed by atoms with Crippen molar-refractivity contribution in [3.05, 3.63) is 42.5 Å². The maximum absolute atomic E-state index is 12.9. The van der Waals surface area contributed by atoms with Crippen LogP contribution in [0.2, 0.25) is 0 Å². The number of hydrogen-bond donors (Lipinski definition) is 2. The minimum Gasteiger partial charge on any atom is -0.374 e. The molecule has 1 unspecified atom stereocenters. The minimum absolute atomic E-state index is 0.0261. The number of carbonyl (C=O) groups is 1. The molecule has 1 fully saturated rings. The Balaban J connectivity index is 1.82. The van der Waals surface area contributed by atoms with Crippen molar-refractivity contribution in [3.63, 3.8) is 0 Å². The maximum atomic E-state index is 12.9. The van der Waals surface area contributed by atoms with Crippen LogP contribution >= 0.6 is 0 Å². The van der Waals surface area contributed by atoms with E-state index >= 15 is 0 Å². The number of nitrogens with two attached hydrogens (primary N) is 1. The topological polar surface area (TPSA) is 104 Å². The molecule has 2 atom stereocenters. The second-order valence-electron chi connectivity index (χ2n) is 7.89. The lowest BCUT2D eigenvalue weighted by atomic mass is 10.00. The molecule has 0 bridgehead atoms. The number of primary sulfonamides is 1. The molecule has 0 radical (unpaired) electrons. The molecule has 1 heterocycles. The quantitative estimate of drug-likeness (QED) is 0.797. The van der Waals surface area contributed by atoms with Gasteiger partial charge in [-0.3, -0.25) is 4.79 Å². The second kappa shape index (κ2) is 7.12. The molecule has 1 aliphatic heterocycles. The van der Waals surface area contributed by atoms with Gasteiger partial charge in [0.1, 0.15) is 6.23 Å². The highest BCUT2D eigenvalue weighted by Crippen LogP contribution is 2.42. The van der Waals surface area contributed by atoms with Crippen molar-refractivity contribution < 1.29 is 18.3 Å². The normalized spacial score (nSPS) is 20.3. The average Bonchev–Trinajstić information content (AvgIpc) is 3.51. The first-order valence-corrected chi connectivity index (χ1v) is 11.3. The molecular formula is C21H25N3O4S. The van der Waals surface area contributed by atoms with E-state index in [1.54, 1.807) is 19.1 Å². The number of aliphatic hydroxyl groups excluding tert-OH is 1. The van der Waals surface area contributed by atoms with Crippen molar-refractivity contribution in [2.75, 3.05) is 16.3 Å². The van der Waals surface area contributed by atoms with E-state index in [-0.39, 0.29) is 22.8 Å². The molecule has 1 amide bonds. The van der Waals surface area contributed by atoms with Gasteiger partial charge >= 0.3 is 0 Å². The van der Waals surface area contributed by atoms with Crippen molar-refractivity contribution in [2.45, 2.75) is 43.9 Å². The standard InChI is InChI=1S/C21H25N3O4S/c1-13-12-23(21(26)15-6-7-15)20-11-17(8-9-19(20)24(13)14(2)25)16-4-3-5-18(10-16)29(22,27)28/h3-5,8-11,13-15,25H,6-7,12H2,1-2H3,(H2,22,27,28)/t13-,14?/m0/s1. The lowest BCUT2D eigenvalue weighted by Crippen LogP contribution is -2.53. The minimum atomic E-state index is -3.81. The van der Waals surface area contributed by atoms with Crippen LogP contribution in [0.15, 0.2) is 47.4 Å². The van der Waals surface area contributed by atoms with Crippen molar-refractivity contribution in [1.29, 1.82) is 0 Å². The van der Waals surface area contributed by atoms with Gasteiger partial charge in [0.25, 0.3) is 0 Å². The highest BCUT2D eigenvalue weighted by molar-refractivity contribution is 7.89. The molecule has 8 heteroatoms. The highest BCUT2D eigenvalue weighted by Gasteiger charge is 2.39. The summed E-state index contributed by atoms with van der Waals surface area (Å²) in [4.78, 5) is 16.7. The lowest BCUT2D eigenvalue weighted by Gasteiger charge is -2.44. The zero-order valence-corrected chi connectivity index (χ0v) is 17.3. The number of nitrogens with zero attached hydrogens (tertiary/aromatic N) is 2. The van der Waals surface area contributed by atoms with Gasteiger partial charge in [0.15, 0.2) is 0 Å². The number of fused-ring (bicyclic) bond motifs is 1. The van der Waals surface area contributed by atoms with Crippen LogP contribution in [0.3, 0.4) is 0 Å². The van der Waals surface area contributed by atoms with E-state index in [0.717, 1.165) is 29.8 Å². The van der Waals surface area contributed by atoms with Crippen molar-refractivity contribution >= 4 is 27.3 Å². The smallest absolute Gasteiger partial charge is 0.238 e. The van der Waals surface area contributed by atoms with E-state index in [0.29, 0.717) is 12.1 Å². The fourth-order valence-electron chi connectivity index (χ4n) is 4.01. The Morgan fingerprint density at radius 2 is 1.83 bits per heavy atom. The van der Waals surface area contributed by atoms with E-state index < -0.39 is 16.3 Å². The molecule has 2 aromatic rings. The summed E-state index contributed by atoms with van der Waals surface area (Å²) in [7, 11) is -3.81. The number of amides is 1. The summed E-state index contributed by atoms with van der Waals surface area (Å²) < 4.78 is 23.4. The third-order valence-electron chi connectivity index (χ3n) is 5.56. The zero-order chi connectivity index (χ0) is 20.9. The Hall–Kier alpha value is -2.42. The van der Waals surface area contributed by atoms with Crippen LogP contribution in [-0.2, 0) is 14.8 Å². The van der Waals surface area contributed by atoms with Gasteiger partial charge < -0.3 is 14.9 Å². The molecule has 29 heavy (non-hydrogen) atoms. The molecule has 0 aromatic heterocycles. The molecule has 7 nitrogen and oxygen atoms in total. The lowest BCUT2D eigenvalue weighted by molar-refractivity contribution is -0.119. The molecule has 154 valence electrons. The maximum Gasteiger partial charge on any atom is 0.238 e. The van der Waals surface area contributed by atoms with Crippen LogP contribution < -0.4 is 14.9 Å². The third kappa shape index (κ3) is 3.75. The fraction of sp³-hybridized carbons (Fsp3) is 0.381. The summed E-state index contributed by atoms with van der Waals surface area (Å²) in [5, 5.41) is 15.6. The summed E-state index contributed by atoms with van der Waals surface area (Å²) >= 11 is 0. The van der Waals surface area contributed by atoms with Crippen LogP contribution in [0, 0.1) is 5.92 Å². The van der Waals surface area contributed by atoms with Gasteiger partial charge in [-0.15, -0.1) is 0 Å². The molecule has 2 aromatic carbocycles. The number of aliphatic hydroxyl groups is 1. The van der Waals surface area contributed by atoms with Gasteiger partial charge in [0.05, 0.1) is 16.3 Å². The van der Waals surface area contributed by atoms with E-state index in [1.807, 2.05) is 34.9 Å². The number of sulfonamides is 1. The Kier molecular flexibility index (Phi) is 4.88. The van der Waals surface area contributed by atoms with Crippen LogP contribution in [0.25, 0.3) is 11.1 Å². The van der Waals surface area contributed by atoms with Gasteiger partial charge in [-0.2, -0.15) is 0 Å². The molecule has 2 aliphatic rings. The number of rotatable bonds is 4. The monoisotopic (exact) mass is 415 g/mol. The zero-order valence-electron chi connectivity index (χ0n) is 16.4. The van der Waals surface area contributed by atoms with E-state index in [4.69, 9.17) is 5.14 Å². The summed E-state index contributed by atoms with van der Waals surface area (Å²) in [6.45, 7) is 4.20. The third-order valence-corrected chi connectivity index (χ3v) is 6.47. The average molecular weight is 416 g/mol. The second-order valence-corrected chi connectivity index (χ2v) is 9.45. The largest absolute Gasteiger partial charge is 0.374 e. The van der Waals surface area contributed by atoms with Crippen molar-refractivity contribution in [2.24, 2.45) is 11.1 Å². The number of carbonyl (C=O) groups excluding carboxylic acids is 1. The summed E-state index contributed by atoms with van der Waals surface area (Å²) in [6.07, 6.45) is 1.13. The number of anilines is 2. The summed E-state index contributed by atoms with van der Waals surface area (Å²) in [5.74, 6) is 0.182. The molecular weight excluding hydrogens is 390 g/mol. The van der Waals surface area contributed by atoms with E-state index in [9.17, 15) is 18.3 Å². The Morgan fingerprint density at radius 1 is 1.14 bits per heavy atom. The van der Waals surface area contributed by atoms with Gasteiger partial charge in [-0.05, 0) is 62.1 Å². The fourth-order valence-corrected chi connectivity index (χ4v) is 4.57. The summed E-state index contributed by atoms with van der Waals surface area (Å²) in [5.41, 5.74) is 3.00.